The first-order chi connectivity index (χ1) is 7.58. The summed E-state index contributed by atoms with van der Waals surface area (Å²) in [4.78, 5) is 9.20. The van der Waals surface area contributed by atoms with Crippen LogP contribution < -0.4 is 4.90 Å². The van der Waals surface area contributed by atoms with Gasteiger partial charge in [0.25, 0.3) is 0 Å². The summed E-state index contributed by atoms with van der Waals surface area (Å²) < 4.78 is 1.05. The van der Waals surface area contributed by atoms with Crippen molar-refractivity contribution in [1.29, 1.82) is 0 Å². The van der Waals surface area contributed by atoms with Crippen LogP contribution in [-0.4, -0.2) is 43.1 Å². The van der Waals surface area contributed by atoms with E-state index in [9.17, 15) is 0 Å². The van der Waals surface area contributed by atoms with Crippen LogP contribution in [0.1, 0.15) is 12.0 Å². The molecule has 1 aliphatic rings. The van der Waals surface area contributed by atoms with E-state index in [0.29, 0.717) is 6.04 Å². The third-order valence-corrected chi connectivity index (χ3v) is 3.64. The van der Waals surface area contributed by atoms with E-state index in [4.69, 9.17) is 0 Å². The first-order valence-electron chi connectivity index (χ1n) is 5.61. The summed E-state index contributed by atoms with van der Waals surface area (Å²) in [6.07, 6.45) is 3.11. The first-order valence-corrected chi connectivity index (χ1v) is 6.40. The smallest absolute Gasteiger partial charge is 0.131 e. The second-order valence-corrected chi connectivity index (χ2v) is 5.56. The lowest BCUT2D eigenvalue weighted by atomic mass is 10.2. The Bertz CT molecular complexity index is 379. The van der Waals surface area contributed by atoms with Crippen LogP contribution in [0, 0.1) is 6.92 Å². The van der Waals surface area contributed by atoms with Crippen molar-refractivity contribution in [3.63, 3.8) is 0 Å². The Balaban J connectivity index is 2.14. The zero-order valence-corrected chi connectivity index (χ0v) is 11.7. The Hall–Kier alpha value is -0.610. The van der Waals surface area contributed by atoms with E-state index in [1.54, 1.807) is 0 Å². The summed E-state index contributed by atoms with van der Waals surface area (Å²) in [6.45, 7) is 4.32. The number of aryl methyl sites for hydroxylation is 1. The maximum absolute atomic E-state index is 4.51. The molecule has 1 fully saturated rings. The molecule has 0 amide bonds. The van der Waals surface area contributed by atoms with Gasteiger partial charge >= 0.3 is 0 Å². The zero-order chi connectivity index (χ0) is 11.7. The Kier molecular flexibility index (Phi) is 3.50. The number of hydrogen-bond acceptors (Lipinski definition) is 3. The third-order valence-electron chi connectivity index (χ3n) is 3.21. The quantitative estimate of drug-likeness (QED) is 0.830. The Labute approximate surface area is 106 Å². The lowest BCUT2D eigenvalue weighted by molar-refractivity contribution is 0.315. The predicted molar refractivity (Wildman–Crippen MR) is 71.0 cm³/mol. The molecule has 0 bridgehead atoms. The fourth-order valence-electron chi connectivity index (χ4n) is 2.22. The van der Waals surface area contributed by atoms with Crippen LogP contribution >= 0.6 is 15.9 Å². The van der Waals surface area contributed by atoms with Crippen molar-refractivity contribution < 1.29 is 0 Å². The van der Waals surface area contributed by atoms with Crippen LogP contribution in [0.3, 0.4) is 0 Å². The van der Waals surface area contributed by atoms with E-state index in [0.717, 1.165) is 23.4 Å². The molecule has 4 heteroatoms. The van der Waals surface area contributed by atoms with E-state index >= 15 is 0 Å². The van der Waals surface area contributed by atoms with Gasteiger partial charge in [0.15, 0.2) is 0 Å². The molecule has 1 saturated heterocycles. The maximum Gasteiger partial charge on any atom is 0.131 e. The fourth-order valence-corrected chi connectivity index (χ4v) is 2.67. The molecule has 3 nitrogen and oxygen atoms in total. The molecule has 0 N–H and O–H groups in total. The number of hydrogen-bond donors (Lipinski definition) is 0. The predicted octanol–water partition coefficient (Wildman–Crippen LogP) is 2.29. The lowest BCUT2D eigenvalue weighted by Gasteiger charge is -2.22. The number of anilines is 1. The summed E-state index contributed by atoms with van der Waals surface area (Å²) in [5, 5.41) is 0. The van der Waals surface area contributed by atoms with E-state index in [-0.39, 0.29) is 0 Å². The minimum Gasteiger partial charge on any atom is -0.355 e. The van der Waals surface area contributed by atoms with Gasteiger partial charge in [-0.2, -0.15) is 0 Å². The fraction of sp³-hybridized carbons (Fsp3) is 0.583. The zero-order valence-electron chi connectivity index (χ0n) is 10.1. The van der Waals surface area contributed by atoms with Crippen molar-refractivity contribution >= 4 is 21.7 Å². The molecule has 0 aromatic carbocycles. The highest BCUT2D eigenvalue weighted by atomic mass is 79.9. The minimum absolute atomic E-state index is 0.657. The number of nitrogens with zero attached hydrogens (tertiary/aromatic N) is 3. The molecule has 2 rings (SSSR count). The van der Waals surface area contributed by atoms with Crippen molar-refractivity contribution in [2.24, 2.45) is 0 Å². The molecule has 0 aliphatic carbocycles. The van der Waals surface area contributed by atoms with Gasteiger partial charge in [0.1, 0.15) is 5.82 Å². The highest BCUT2D eigenvalue weighted by Crippen LogP contribution is 2.25. The summed E-state index contributed by atoms with van der Waals surface area (Å²) in [7, 11) is 4.30. The Morgan fingerprint density at radius 1 is 1.50 bits per heavy atom. The molecule has 0 radical (unpaired) electrons. The maximum atomic E-state index is 4.51. The number of rotatable bonds is 2. The van der Waals surface area contributed by atoms with Crippen molar-refractivity contribution in [2.45, 2.75) is 19.4 Å². The molecule has 16 heavy (non-hydrogen) atoms. The molecule has 1 atom stereocenters. The van der Waals surface area contributed by atoms with Gasteiger partial charge in [0, 0.05) is 29.8 Å². The summed E-state index contributed by atoms with van der Waals surface area (Å²) in [5.41, 5.74) is 1.24. The van der Waals surface area contributed by atoms with E-state index in [1.165, 1.54) is 12.0 Å². The van der Waals surface area contributed by atoms with Gasteiger partial charge in [-0.25, -0.2) is 4.98 Å². The normalized spacial score (nSPS) is 20.8. The topological polar surface area (TPSA) is 19.4 Å². The van der Waals surface area contributed by atoms with Crippen LogP contribution in [0.15, 0.2) is 16.7 Å². The third kappa shape index (κ3) is 2.38. The summed E-state index contributed by atoms with van der Waals surface area (Å²) >= 11 is 3.45. The molecule has 0 unspecified atom stereocenters. The molecular formula is C12H18BrN3. The molecule has 88 valence electrons. The standard InChI is InChI=1S/C12H18BrN3/c1-9-6-10(13)7-14-12(9)16-5-4-11(8-16)15(2)3/h6-7,11H,4-5,8H2,1-3H3/t11-/m0/s1. The molecule has 0 saturated carbocycles. The Morgan fingerprint density at radius 3 is 2.81 bits per heavy atom. The van der Waals surface area contributed by atoms with Gasteiger partial charge in [-0.05, 0) is 55.0 Å². The van der Waals surface area contributed by atoms with Gasteiger partial charge in [-0.3, -0.25) is 0 Å². The van der Waals surface area contributed by atoms with Crippen LogP contribution in [0.25, 0.3) is 0 Å². The number of pyridine rings is 1. The number of aromatic nitrogens is 1. The van der Waals surface area contributed by atoms with Crippen LogP contribution in [0.2, 0.25) is 0 Å². The van der Waals surface area contributed by atoms with Gasteiger partial charge < -0.3 is 9.80 Å². The second kappa shape index (κ2) is 4.72. The van der Waals surface area contributed by atoms with Gasteiger partial charge in [-0.1, -0.05) is 0 Å². The van der Waals surface area contributed by atoms with Gasteiger partial charge in [0.05, 0.1) is 0 Å². The average molecular weight is 284 g/mol. The van der Waals surface area contributed by atoms with Crippen molar-refractivity contribution in [1.82, 2.24) is 9.88 Å². The SMILES string of the molecule is Cc1cc(Br)cnc1N1CC[C@H](N(C)C)C1. The average Bonchev–Trinajstić information content (AvgIpc) is 2.66. The lowest BCUT2D eigenvalue weighted by Crippen LogP contribution is -2.31. The minimum atomic E-state index is 0.657. The molecule has 1 aliphatic heterocycles. The van der Waals surface area contributed by atoms with Gasteiger partial charge in [0.2, 0.25) is 0 Å². The highest BCUT2D eigenvalue weighted by Gasteiger charge is 2.25. The number of likely N-dealkylation sites (N-methyl/N-ethyl adjacent to an activating group) is 1. The summed E-state index contributed by atoms with van der Waals surface area (Å²) in [6, 6.07) is 2.79. The van der Waals surface area contributed by atoms with Crippen LogP contribution in [-0.2, 0) is 0 Å². The molecule has 1 aromatic rings. The Morgan fingerprint density at radius 2 is 2.25 bits per heavy atom. The van der Waals surface area contributed by atoms with E-state index < -0.39 is 0 Å². The molecule has 1 aromatic heterocycles. The first kappa shape index (κ1) is 11.9. The van der Waals surface area contributed by atoms with E-state index in [2.05, 4.69) is 57.8 Å². The molecule has 0 spiro atoms. The van der Waals surface area contributed by atoms with Crippen LogP contribution in [0.5, 0.6) is 0 Å². The van der Waals surface area contributed by atoms with Crippen LogP contribution in [0.4, 0.5) is 5.82 Å². The van der Waals surface area contributed by atoms with E-state index in [1.807, 2.05) is 6.20 Å². The second-order valence-electron chi connectivity index (χ2n) is 4.65. The molecule has 2 heterocycles. The monoisotopic (exact) mass is 283 g/mol. The summed E-state index contributed by atoms with van der Waals surface area (Å²) in [5.74, 6) is 1.13. The molecular weight excluding hydrogens is 266 g/mol. The largest absolute Gasteiger partial charge is 0.355 e. The van der Waals surface area contributed by atoms with Crippen molar-refractivity contribution in [2.75, 3.05) is 32.1 Å². The van der Waals surface area contributed by atoms with Gasteiger partial charge in [-0.15, -0.1) is 0 Å². The van der Waals surface area contributed by atoms with Crippen molar-refractivity contribution in [3.05, 3.63) is 22.3 Å². The number of halogens is 1. The highest BCUT2D eigenvalue weighted by molar-refractivity contribution is 9.10. The van der Waals surface area contributed by atoms with Crippen molar-refractivity contribution in [3.8, 4) is 0 Å².